The van der Waals surface area contributed by atoms with Gasteiger partial charge in [0.05, 0.1) is 0 Å². The summed E-state index contributed by atoms with van der Waals surface area (Å²) < 4.78 is 0. The highest BCUT2D eigenvalue weighted by molar-refractivity contribution is 5.99. The van der Waals surface area contributed by atoms with Gasteiger partial charge in [-0.1, -0.05) is 85.8 Å². The molecule has 0 aliphatic carbocycles. The van der Waals surface area contributed by atoms with Crippen molar-refractivity contribution in [2.24, 2.45) is 11.7 Å². The lowest BCUT2D eigenvalue weighted by Crippen LogP contribution is -2.36. The van der Waals surface area contributed by atoms with Crippen LogP contribution in [0.1, 0.15) is 42.9 Å². The Hall–Kier alpha value is -3.53. The summed E-state index contributed by atoms with van der Waals surface area (Å²) in [5.41, 5.74) is 15.0. The second-order valence-electron chi connectivity index (χ2n) is 9.88. The maximum Gasteiger partial charge on any atom is 0.123 e. The Bertz CT molecular complexity index is 1340. The van der Waals surface area contributed by atoms with Crippen LogP contribution < -0.4 is 10.6 Å². The molecule has 1 heterocycles. The summed E-state index contributed by atoms with van der Waals surface area (Å²) in [6.07, 6.45) is 3.22. The van der Waals surface area contributed by atoms with E-state index in [0.29, 0.717) is 11.7 Å². The number of benzene rings is 4. The number of piperidine rings is 1. The molecule has 1 aliphatic rings. The van der Waals surface area contributed by atoms with E-state index in [9.17, 15) is 5.11 Å². The van der Waals surface area contributed by atoms with E-state index in [1.807, 2.05) is 42.5 Å². The van der Waals surface area contributed by atoms with Crippen LogP contribution in [0, 0.1) is 5.92 Å². The fourth-order valence-corrected chi connectivity index (χ4v) is 5.49. The van der Waals surface area contributed by atoms with Crippen molar-refractivity contribution in [3.8, 4) is 16.9 Å². The van der Waals surface area contributed by atoms with Crippen LogP contribution >= 0.6 is 12.4 Å². The van der Waals surface area contributed by atoms with E-state index < -0.39 is 0 Å². The van der Waals surface area contributed by atoms with Crippen molar-refractivity contribution >= 4 is 29.2 Å². The molecule has 0 unspecified atom stereocenters. The number of hydrogen-bond donors (Lipinski definition) is 2. The van der Waals surface area contributed by atoms with Gasteiger partial charge < -0.3 is 15.7 Å². The van der Waals surface area contributed by atoms with Gasteiger partial charge in [-0.2, -0.15) is 0 Å². The third-order valence-corrected chi connectivity index (χ3v) is 7.62. The number of nitrogens with two attached hydrogens (primary N) is 1. The molecule has 5 rings (SSSR count). The largest absolute Gasteiger partial charge is 0.507 e. The Morgan fingerprint density at radius 1 is 0.789 bits per heavy atom. The summed E-state index contributed by atoms with van der Waals surface area (Å²) in [4.78, 5) is 2.48. The molecule has 0 atom stereocenters. The molecule has 3 N–H and O–H groups in total. The predicted molar refractivity (Wildman–Crippen MR) is 164 cm³/mol. The van der Waals surface area contributed by atoms with E-state index in [1.165, 1.54) is 28.0 Å². The number of rotatable bonds is 7. The molecule has 4 heteroatoms. The first-order chi connectivity index (χ1) is 18.2. The van der Waals surface area contributed by atoms with E-state index in [-0.39, 0.29) is 12.4 Å². The average molecular weight is 525 g/mol. The molecule has 0 bridgehead atoms. The molecular formula is C34H37ClN2O. The first-order valence-corrected chi connectivity index (χ1v) is 13.4. The van der Waals surface area contributed by atoms with Crippen LogP contribution in [0.25, 0.3) is 22.3 Å². The number of halogens is 1. The summed E-state index contributed by atoms with van der Waals surface area (Å²) in [6.45, 7) is 5.13. The zero-order chi connectivity index (χ0) is 25.6. The van der Waals surface area contributed by atoms with Gasteiger partial charge in [-0.15, -0.1) is 12.4 Å². The van der Waals surface area contributed by atoms with Gasteiger partial charge in [0, 0.05) is 24.3 Å². The molecule has 1 fully saturated rings. The van der Waals surface area contributed by atoms with Gasteiger partial charge in [-0.25, -0.2) is 0 Å². The number of nitrogens with zero attached hydrogens (tertiary/aromatic N) is 1. The maximum absolute atomic E-state index is 10.7. The third kappa shape index (κ3) is 5.96. The minimum atomic E-state index is 0. The minimum Gasteiger partial charge on any atom is -0.507 e. The average Bonchev–Trinajstić information content (AvgIpc) is 2.97. The Morgan fingerprint density at radius 2 is 1.39 bits per heavy atom. The molecule has 3 nitrogen and oxygen atoms in total. The highest BCUT2D eigenvalue weighted by atomic mass is 35.5. The monoisotopic (exact) mass is 524 g/mol. The van der Waals surface area contributed by atoms with Crippen molar-refractivity contribution in [1.82, 2.24) is 0 Å². The molecule has 1 saturated heterocycles. The van der Waals surface area contributed by atoms with Crippen LogP contribution in [0.15, 0.2) is 103 Å². The number of anilines is 1. The summed E-state index contributed by atoms with van der Waals surface area (Å²) in [6, 6.07) is 35.8. The molecule has 1 aliphatic heterocycles. The number of phenolic OH excluding ortho intramolecular Hbond substituents is 1. The number of allylic oxidation sites excluding steroid dienone is 1. The van der Waals surface area contributed by atoms with Gasteiger partial charge in [0.15, 0.2) is 0 Å². The first-order valence-electron chi connectivity index (χ1n) is 13.4. The van der Waals surface area contributed by atoms with Crippen LogP contribution in [0.3, 0.4) is 0 Å². The molecule has 4 aromatic rings. The quantitative estimate of drug-likeness (QED) is 0.240. The Kier molecular flexibility index (Phi) is 9.28. The van der Waals surface area contributed by atoms with Gasteiger partial charge in [0.1, 0.15) is 5.75 Å². The smallest absolute Gasteiger partial charge is 0.123 e. The highest BCUT2D eigenvalue weighted by Crippen LogP contribution is 2.39. The van der Waals surface area contributed by atoms with Gasteiger partial charge >= 0.3 is 0 Å². The van der Waals surface area contributed by atoms with Crippen LogP contribution in [0.5, 0.6) is 5.75 Å². The fraction of sp³-hybridized carbons (Fsp3) is 0.235. The van der Waals surface area contributed by atoms with Crippen LogP contribution in [0.2, 0.25) is 0 Å². The van der Waals surface area contributed by atoms with Crippen molar-refractivity contribution < 1.29 is 5.11 Å². The lowest BCUT2D eigenvalue weighted by Gasteiger charge is -2.33. The lowest BCUT2D eigenvalue weighted by atomic mass is 9.86. The van der Waals surface area contributed by atoms with E-state index in [4.69, 9.17) is 5.73 Å². The van der Waals surface area contributed by atoms with Crippen LogP contribution in [-0.2, 0) is 0 Å². The van der Waals surface area contributed by atoms with E-state index >= 15 is 0 Å². The molecular weight excluding hydrogens is 488 g/mol. The van der Waals surface area contributed by atoms with E-state index in [1.54, 1.807) is 0 Å². The SMILES string of the molecule is CCC(=C(c1ccc(N2CCC(CN)CC2)cc1)c1ccc(O)c(-c2ccccc2)c1)c1ccccc1.Cl. The lowest BCUT2D eigenvalue weighted by molar-refractivity contribution is 0.414. The van der Waals surface area contributed by atoms with Crippen molar-refractivity contribution in [2.75, 3.05) is 24.5 Å². The summed E-state index contributed by atoms with van der Waals surface area (Å²) in [7, 11) is 0. The molecule has 38 heavy (non-hydrogen) atoms. The standard InChI is InChI=1S/C34H36N2O.ClH/c1-2-31(26-9-5-3-6-10-26)34(29-15-18-33(37)32(23-29)27-11-7-4-8-12-27)28-13-16-30(17-14-28)36-21-19-25(24-35)20-22-36;/h3-18,23,25,37H,2,19-22,24,35H2,1H3;1H. The summed E-state index contributed by atoms with van der Waals surface area (Å²) in [5.74, 6) is 0.944. The summed E-state index contributed by atoms with van der Waals surface area (Å²) in [5, 5.41) is 10.7. The molecule has 0 amide bonds. The zero-order valence-electron chi connectivity index (χ0n) is 22.0. The summed E-state index contributed by atoms with van der Waals surface area (Å²) >= 11 is 0. The zero-order valence-corrected chi connectivity index (χ0v) is 22.8. The molecule has 4 aromatic carbocycles. The Morgan fingerprint density at radius 3 is 2.00 bits per heavy atom. The third-order valence-electron chi connectivity index (χ3n) is 7.62. The van der Waals surface area contributed by atoms with Crippen molar-refractivity contribution in [1.29, 1.82) is 0 Å². The second kappa shape index (κ2) is 12.8. The van der Waals surface area contributed by atoms with Gasteiger partial charge in [-0.05, 0) is 89.4 Å². The molecule has 0 aromatic heterocycles. The topological polar surface area (TPSA) is 49.5 Å². The molecule has 0 spiro atoms. The number of hydrogen-bond acceptors (Lipinski definition) is 3. The minimum absolute atomic E-state index is 0. The van der Waals surface area contributed by atoms with Crippen LogP contribution in [0.4, 0.5) is 5.69 Å². The Balaban J connectivity index is 0.00000336. The molecule has 0 saturated carbocycles. The van der Waals surface area contributed by atoms with E-state index in [0.717, 1.165) is 55.6 Å². The van der Waals surface area contributed by atoms with E-state index in [2.05, 4.69) is 72.5 Å². The normalized spacial score (nSPS) is 14.5. The van der Waals surface area contributed by atoms with Gasteiger partial charge in [-0.3, -0.25) is 0 Å². The van der Waals surface area contributed by atoms with Crippen molar-refractivity contribution in [2.45, 2.75) is 26.2 Å². The van der Waals surface area contributed by atoms with Gasteiger partial charge in [0.2, 0.25) is 0 Å². The van der Waals surface area contributed by atoms with Crippen LogP contribution in [-0.4, -0.2) is 24.7 Å². The van der Waals surface area contributed by atoms with Crippen molar-refractivity contribution in [3.63, 3.8) is 0 Å². The maximum atomic E-state index is 10.7. The Labute approximate surface area is 233 Å². The van der Waals surface area contributed by atoms with Gasteiger partial charge in [0.25, 0.3) is 0 Å². The molecule has 196 valence electrons. The highest BCUT2D eigenvalue weighted by Gasteiger charge is 2.19. The van der Waals surface area contributed by atoms with Crippen molar-refractivity contribution in [3.05, 3.63) is 120 Å². The fourth-order valence-electron chi connectivity index (χ4n) is 5.49. The molecule has 0 radical (unpaired) electrons. The number of aromatic hydroxyl groups is 1. The number of phenols is 1. The first kappa shape index (κ1) is 27.5. The predicted octanol–water partition coefficient (Wildman–Crippen LogP) is 8.03. The second-order valence-corrected chi connectivity index (χ2v) is 9.88.